The molecule has 106 valence electrons. The molecule has 0 spiro atoms. The molecule has 0 aliphatic rings. The van der Waals surface area contributed by atoms with E-state index in [1.54, 1.807) is 18.3 Å². The van der Waals surface area contributed by atoms with Crippen LogP contribution in [0.5, 0.6) is 5.75 Å². The zero-order valence-corrected chi connectivity index (χ0v) is 13.2. The smallest absolute Gasteiger partial charge is 0.132 e. The second kappa shape index (κ2) is 6.22. The average Bonchev–Trinajstić information content (AvgIpc) is 2.42. The lowest BCUT2D eigenvalue weighted by Crippen LogP contribution is -2.10. The van der Waals surface area contributed by atoms with Crippen LogP contribution in [0.15, 0.2) is 35.1 Å². The van der Waals surface area contributed by atoms with E-state index in [-0.39, 0.29) is 11.9 Å². The van der Waals surface area contributed by atoms with E-state index in [1.165, 1.54) is 13.2 Å². The van der Waals surface area contributed by atoms with Gasteiger partial charge in [0.1, 0.15) is 16.2 Å². The summed E-state index contributed by atoms with van der Waals surface area (Å²) in [7, 11) is 1.54. The number of nitrogens with one attached hydrogen (secondary N) is 1. The summed E-state index contributed by atoms with van der Waals surface area (Å²) in [5, 5.41) is 3.24. The number of aromatic nitrogens is 1. The number of hydrogen-bond donors (Lipinski definition) is 1. The van der Waals surface area contributed by atoms with Gasteiger partial charge in [-0.05, 0) is 53.5 Å². The second-order valence-corrected chi connectivity index (χ2v) is 5.30. The Morgan fingerprint density at radius 3 is 2.80 bits per heavy atom. The maximum Gasteiger partial charge on any atom is 0.132 e. The number of hydrogen-bond acceptors (Lipinski definition) is 3. The minimum atomic E-state index is -0.286. The maximum atomic E-state index is 14.0. The van der Waals surface area contributed by atoms with Crippen molar-refractivity contribution in [3.8, 4) is 5.75 Å². The first-order valence-corrected chi connectivity index (χ1v) is 7.03. The van der Waals surface area contributed by atoms with Crippen LogP contribution in [0.1, 0.15) is 24.1 Å². The highest BCUT2D eigenvalue weighted by Gasteiger charge is 2.16. The van der Waals surface area contributed by atoms with Crippen LogP contribution >= 0.6 is 15.9 Å². The number of aryl methyl sites for hydroxylation is 1. The van der Waals surface area contributed by atoms with Gasteiger partial charge in [-0.3, -0.25) is 0 Å². The predicted molar refractivity (Wildman–Crippen MR) is 81.7 cm³/mol. The quantitative estimate of drug-likeness (QED) is 0.835. The van der Waals surface area contributed by atoms with Gasteiger partial charge < -0.3 is 10.1 Å². The molecular weight excluding hydrogens is 323 g/mol. The van der Waals surface area contributed by atoms with Crippen LogP contribution in [0.3, 0.4) is 0 Å². The SMILES string of the molecule is COc1cccc(F)c1C(C)Nc1cnc(Br)c(C)c1. The Bertz CT molecular complexity index is 619. The fourth-order valence-electron chi connectivity index (χ4n) is 2.07. The Balaban J connectivity index is 2.28. The monoisotopic (exact) mass is 338 g/mol. The molecule has 20 heavy (non-hydrogen) atoms. The summed E-state index contributed by atoms with van der Waals surface area (Å²) < 4.78 is 20.0. The predicted octanol–water partition coefficient (Wildman–Crippen LogP) is 4.47. The van der Waals surface area contributed by atoms with Crippen molar-refractivity contribution >= 4 is 21.6 Å². The van der Waals surface area contributed by atoms with Crippen molar-refractivity contribution in [2.24, 2.45) is 0 Å². The fourth-order valence-corrected chi connectivity index (χ4v) is 2.29. The molecule has 1 atom stereocenters. The molecule has 1 aromatic carbocycles. The number of nitrogens with zero attached hydrogens (tertiary/aromatic N) is 1. The first-order chi connectivity index (χ1) is 9.52. The van der Waals surface area contributed by atoms with Gasteiger partial charge >= 0.3 is 0 Å². The second-order valence-electron chi connectivity index (χ2n) is 4.55. The van der Waals surface area contributed by atoms with Crippen molar-refractivity contribution in [1.82, 2.24) is 4.98 Å². The number of methoxy groups -OCH3 is 1. The molecule has 0 saturated carbocycles. The van der Waals surface area contributed by atoms with Gasteiger partial charge in [-0.2, -0.15) is 0 Å². The molecular formula is C15H16BrFN2O. The van der Waals surface area contributed by atoms with Crippen molar-refractivity contribution < 1.29 is 9.13 Å². The third-order valence-electron chi connectivity index (χ3n) is 3.06. The van der Waals surface area contributed by atoms with Crippen molar-refractivity contribution in [3.63, 3.8) is 0 Å². The van der Waals surface area contributed by atoms with E-state index in [1.807, 2.05) is 19.9 Å². The molecule has 0 amide bonds. The summed E-state index contributed by atoms with van der Waals surface area (Å²) >= 11 is 3.36. The largest absolute Gasteiger partial charge is 0.496 e. The molecule has 2 rings (SSSR count). The van der Waals surface area contributed by atoms with E-state index < -0.39 is 0 Å². The highest BCUT2D eigenvalue weighted by molar-refractivity contribution is 9.10. The number of pyridine rings is 1. The van der Waals surface area contributed by atoms with Gasteiger partial charge in [0.15, 0.2) is 0 Å². The molecule has 0 aliphatic carbocycles. The van der Waals surface area contributed by atoms with Gasteiger partial charge in [-0.1, -0.05) is 6.07 Å². The van der Waals surface area contributed by atoms with Crippen LogP contribution in [-0.2, 0) is 0 Å². The van der Waals surface area contributed by atoms with E-state index in [9.17, 15) is 4.39 Å². The van der Waals surface area contributed by atoms with Gasteiger partial charge in [0, 0.05) is 0 Å². The fraction of sp³-hybridized carbons (Fsp3) is 0.267. The number of halogens is 2. The molecule has 3 nitrogen and oxygen atoms in total. The number of rotatable bonds is 4. The van der Waals surface area contributed by atoms with Crippen LogP contribution in [0.4, 0.5) is 10.1 Å². The summed E-state index contributed by atoms with van der Waals surface area (Å²) in [5.41, 5.74) is 2.36. The van der Waals surface area contributed by atoms with Crippen LogP contribution in [0.25, 0.3) is 0 Å². The molecule has 0 radical (unpaired) electrons. The molecule has 0 aliphatic heterocycles. The summed E-state index contributed by atoms with van der Waals surface area (Å²) in [4.78, 5) is 4.22. The zero-order chi connectivity index (χ0) is 14.7. The van der Waals surface area contributed by atoms with Crippen LogP contribution < -0.4 is 10.1 Å². The summed E-state index contributed by atoms with van der Waals surface area (Å²) in [6.45, 7) is 3.84. The highest BCUT2D eigenvalue weighted by atomic mass is 79.9. The Morgan fingerprint density at radius 2 is 2.15 bits per heavy atom. The van der Waals surface area contributed by atoms with Crippen molar-refractivity contribution in [1.29, 1.82) is 0 Å². The lowest BCUT2D eigenvalue weighted by Gasteiger charge is -2.19. The van der Waals surface area contributed by atoms with Crippen LogP contribution in [-0.4, -0.2) is 12.1 Å². The van der Waals surface area contributed by atoms with Crippen LogP contribution in [0.2, 0.25) is 0 Å². The van der Waals surface area contributed by atoms with E-state index >= 15 is 0 Å². The van der Waals surface area contributed by atoms with Gasteiger partial charge in [0.2, 0.25) is 0 Å². The Labute approximate surface area is 126 Å². The highest BCUT2D eigenvalue weighted by Crippen LogP contribution is 2.30. The number of ether oxygens (including phenoxy) is 1. The lowest BCUT2D eigenvalue weighted by molar-refractivity contribution is 0.402. The normalized spacial score (nSPS) is 12.1. The molecule has 1 aromatic heterocycles. The maximum absolute atomic E-state index is 14.0. The standard InChI is InChI=1S/C15H16BrFN2O/c1-9-7-11(8-18-15(9)16)19-10(2)14-12(17)5-4-6-13(14)20-3/h4-8,10,19H,1-3H3. The third kappa shape index (κ3) is 3.10. The van der Waals surface area contributed by atoms with Gasteiger partial charge in [0.25, 0.3) is 0 Å². The van der Waals surface area contributed by atoms with E-state index in [4.69, 9.17) is 4.74 Å². The van der Waals surface area contributed by atoms with Crippen molar-refractivity contribution in [2.75, 3.05) is 12.4 Å². The van der Waals surface area contributed by atoms with Gasteiger partial charge in [0.05, 0.1) is 30.6 Å². The van der Waals surface area contributed by atoms with E-state index in [2.05, 4.69) is 26.2 Å². The molecule has 0 bridgehead atoms. The van der Waals surface area contributed by atoms with Crippen molar-refractivity contribution in [3.05, 3.63) is 52.0 Å². The molecule has 0 fully saturated rings. The Kier molecular flexibility index (Phi) is 4.60. The van der Waals surface area contributed by atoms with Crippen molar-refractivity contribution in [2.45, 2.75) is 19.9 Å². The summed E-state index contributed by atoms with van der Waals surface area (Å²) in [5.74, 6) is 0.248. The molecule has 1 unspecified atom stereocenters. The van der Waals surface area contributed by atoms with Gasteiger partial charge in [-0.25, -0.2) is 9.37 Å². The minimum Gasteiger partial charge on any atom is -0.496 e. The lowest BCUT2D eigenvalue weighted by atomic mass is 10.1. The first kappa shape index (κ1) is 14.8. The van der Waals surface area contributed by atoms with Gasteiger partial charge in [-0.15, -0.1) is 0 Å². The third-order valence-corrected chi connectivity index (χ3v) is 3.89. The van der Waals surface area contributed by atoms with E-state index in [0.29, 0.717) is 11.3 Å². The number of anilines is 1. The summed E-state index contributed by atoms with van der Waals surface area (Å²) in [6.07, 6.45) is 1.71. The molecule has 0 saturated heterocycles. The average molecular weight is 339 g/mol. The minimum absolute atomic E-state index is 0.228. The Hall–Kier alpha value is -1.62. The topological polar surface area (TPSA) is 34.1 Å². The summed E-state index contributed by atoms with van der Waals surface area (Å²) in [6, 6.07) is 6.55. The molecule has 1 heterocycles. The first-order valence-electron chi connectivity index (χ1n) is 6.24. The van der Waals surface area contributed by atoms with E-state index in [0.717, 1.165) is 15.9 Å². The zero-order valence-electron chi connectivity index (χ0n) is 11.6. The molecule has 2 aromatic rings. The number of benzene rings is 1. The molecule has 1 N–H and O–H groups in total. The van der Waals surface area contributed by atoms with Crippen LogP contribution in [0, 0.1) is 12.7 Å². The Morgan fingerprint density at radius 1 is 1.40 bits per heavy atom. The molecule has 5 heteroatoms.